The van der Waals surface area contributed by atoms with Crippen LogP contribution >= 0.6 is 11.6 Å². The predicted octanol–water partition coefficient (Wildman–Crippen LogP) is 3.94. The van der Waals surface area contributed by atoms with Gasteiger partial charge in [0.05, 0.1) is 28.7 Å². The number of aryl methyl sites for hydroxylation is 1. The van der Waals surface area contributed by atoms with Crippen LogP contribution in [0.3, 0.4) is 0 Å². The number of alkyl halides is 5. The summed E-state index contributed by atoms with van der Waals surface area (Å²) in [5.74, 6) is -4.58. The molecule has 0 unspecified atom stereocenters. The van der Waals surface area contributed by atoms with Crippen LogP contribution in [0.5, 0.6) is 0 Å². The molecule has 1 N–H and O–H groups in total. The van der Waals surface area contributed by atoms with E-state index in [1.807, 2.05) is 0 Å². The lowest BCUT2D eigenvalue weighted by molar-refractivity contribution is -0.138. The summed E-state index contributed by atoms with van der Waals surface area (Å²) in [4.78, 5) is 30.0. The van der Waals surface area contributed by atoms with E-state index in [1.165, 1.54) is 23.3 Å². The first-order valence-electron chi connectivity index (χ1n) is 10.7. The zero-order valence-electron chi connectivity index (χ0n) is 19.0. The quantitative estimate of drug-likeness (QED) is 0.499. The summed E-state index contributed by atoms with van der Waals surface area (Å²) in [6.45, 7) is 0.622. The highest BCUT2D eigenvalue weighted by Crippen LogP contribution is 2.36. The van der Waals surface area contributed by atoms with Crippen LogP contribution in [0.4, 0.5) is 27.9 Å². The minimum atomic E-state index is -4.60. The number of aromatic nitrogens is 6. The van der Waals surface area contributed by atoms with E-state index in [1.54, 1.807) is 14.0 Å². The van der Waals surface area contributed by atoms with Crippen LogP contribution in [-0.4, -0.2) is 65.6 Å². The fourth-order valence-electron chi connectivity index (χ4n) is 4.04. The van der Waals surface area contributed by atoms with E-state index in [0.29, 0.717) is 12.4 Å². The van der Waals surface area contributed by atoms with Gasteiger partial charge in [0, 0.05) is 51.0 Å². The number of hydrogen-bond acceptors (Lipinski definition) is 7. The van der Waals surface area contributed by atoms with Gasteiger partial charge in [0.25, 0.3) is 11.8 Å². The average Bonchev–Trinajstić information content (AvgIpc) is 3.19. The number of rotatable bonds is 5. The molecule has 0 bridgehead atoms. The van der Waals surface area contributed by atoms with Crippen LogP contribution in [0, 0.1) is 5.92 Å². The lowest BCUT2D eigenvalue weighted by Gasteiger charge is -2.43. The Balaban J connectivity index is 1.60. The molecular formula is C21H20ClF5N8O. The highest BCUT2D eigenvalue weighted by molar-refractivity contribution is 6.30. The van der Waals surface area contributed by atoms with E-state index >= 15 is 0 Å². The van der Waals surface area contributed by atoms with E-state index in [2.05, 4.69) is 30.4 Å². The highest BCUT2D eigenvalue weighted by Gasteiger charge is 2.47. The van der Waals surface area contributed by atoms with Crippen molar-refractivity contribution in [2.75, 3.05) is 18.4 Å². The van der Waals surface area contributed by atoms with Crippen molar-refractivity contribution in [1.82, 2.24) is 34.6 Å². The number of halogens is 6. The number of carbonyl (C=O) groups excluding carboxylic acids is 1. The SMILES string of the molecule is C[C@@H]1CC(F)(F)CN(C(=O)c2nn(C)cc2-c2ncc(Cl)cn2)[C@@H]1CNc1ncc(C(F)(F)F)cn1. The Hall–Kier alpha value is -3.42. The molecule has 1 aliphatic rings. The van der Waals surface area contributed by atoms with Crippen molar-refractivity contribution < 1.29 is 26.7 Å². The van der Waals surface area contributed by atoms with Crippen LogP contribution in [0.15, 0.2) is 31.0 Å². The third-order valence-electron chi connectivity index (χ3n) is 5.68. The number of piperidine rings is 1. The number of amides is 1. The third-order valence-corrected chi connectivity index (χ3v) is 5.88. The van der Waals surface area contributed by atoms with Crippen molar-refractivity contribution in [2.45, 2.75) is 31.5 Å². The lowest BCUT2D eigenvalue weighted by atomic mass is 9.88. The van der Waals surface area contributed by atoms with Crippen LogP contribution in [0.25, 0.3) is 11.4 Å². The number of nitrogens with zero attached hydrogens (tertiary/aromatic N) is 7. The van der Waals surface area contributed by atoms with Crippen molar-refractivity contribution in [3.05, 3.63) is 47.3 Å². The molecule has 0 saturated carbocycles. The Kier molecular flexibility index (Phi) is 6.82. The molecule has 0 aromatic carbocycles. The fraction of sp³-hybridized carbons (Fsp3) is 0.429. The fourth-order valence-corrected chi connectivity index (χ4v) is 4.14. The van der Waals surface area contributed by atoms with Gasteiger partial charge in [0.2, 0.25) is 5.95 Å². The van der Waals surface area contributed by atoms with Gasteiger partial charge in [-0.05, 0) is 5.92 Å². The first-order valence-corrected chi connectivity index (χ1v) is 11.1. The molecule has 1 saturated heterocycles. The van der Waals surface area contributed by atoms with Crippen molar-refractivity contribution >= 4 is 23.5 Å². The van der Waals surface area contributed by atoms with Gasteiger partial charge in [-0.15, -0.1) is 0 Å². The zero-order valence-corrected chi connectivity index (χ0v) is 19.7. The Morgan fingerprint density at radius 3 is 2.42 bits per heavy atom. The molecule has 0 aliphatic carbocycles. The second-order valence-electron chi connectivity index (χ2n) is 8.50. The number of nitrogens with one attached hydrogen (secondary N) is 1. The summed E-state index contributed by atoms with van der Waals surface area (Å²) in [6, 6.07) is -0.760. The summed E-state index contributed by atoms with van der Waals surface area (Å²) >= 11 is 5.83. The summed E-state index contributed by atoms with van der Waals surface area (Å²) in [6.07, 6.45) is 0.307. The van der Waals surface area contributed by atoms with Gasteiger partial charge in [-0.1, -0.05) is 18.5 Å². The van der Waals surface area contributed by atoms with Crippen LogP contribution in [-0.2, 0) is 13.2 Å². The van der Waals surface area contributed by atoms with Crippen molar-refractivity contribution in [1.29, 1.82) is 0 Å². The molecule has 192 valence electrons. The zero-order chi connectivity index (χ0) is 26.3. The molecule has 3 aromatic heterocycles. The maximum Gasteiger partial charge on any atom is 0.419 e. The molecule has 1 fully saturated rings. The minimum Gasteiger partial charge on any atom is -0.352 e. The van der Waals surface area contributed by atoms with Crippen molar-refractivity contribution in [2.24, 2.45) is 13.0 Å². The molecule has 1 aliphatic heterocycles. The Morgan fingerprint density at radius 2 is 1.81 bits per heavy atom. The summed E-state index contributed by atoms with van der Waals surface area (Å²) < 4.78 is 68.7. The maximum absolute atomic E-state index is 14.5. The topological polar surface area (TPSA) is 102 Å². The third kappa shape index (κ3) is 5.53. The number of hydrogen-bond donors (Lipinski definition) is 1. The maximum atomic E-state index is 14.5. The molecule has 9 nitrogen and oxygen atoms in total. The van der Waals surface area contributed by atoms with Crippen molar-refractivity contribution in [3.63, 3.8) is 0 Å². The normalized spacial score (nSPS) is 19.8. The lowest BCUT2D eigenvalue weighted by Crippen LogP contribution is -2.57. The monoisotopic (exact) mass is 530 g/mol. The average molecular weight is 531 g/mol. The molecule has 2 atom stereocenters. The van der Waals surface area contributed by atoms with E-state index in [-0.39, 0.29) is 34.6 Å². The van der Waals surface area contributed by atoms with E-state index in [0.717, 1.165) is 4.90 Å². The highest BCUT2D eigenvalue weighted by atomic mass is 35.5. The summed E-state index contributed by atoms with van der Waals surface area (Å²) in [5, 5.41) is 7.18. The van der Waals surface area contributed by atoms with Gasteiger partial charge >= 0.3 is 6.18 Å². The van der Waals surface area contributed by atoms with E-state index < -0.39 is 48.5 Å². The largest absolute Gasteiger partial charge is 0.419 e. The van der Waals surface area contributed by atoms with E-state index in [9.17, 15) is 26.7 Å². The standard InChI is InChI=1S/C21H20ClF5N8O/c1-11-3-20(23,24)10-35(15(11)8-32-19-30-4-12(5-31-19)21(25,26)27)18(36)16-14(9-34(2)33-16)17-28-6-13(22)7-29-17/h4-7,9,11,15H,3,8,10H2,1-2H3,(H,30,31,32)/t11-,15-/m1/s1. The molecule has 36 heavy (non-hydrogen) atoms. The van der Waals surface area contributed by atoms with Gasteiger partial charge in [0.15, 0.2) is 11.5 Å². The van der Waals surface area contributed by atoms with Gasteiger partial charge in [0.1, 0.15) is 0 Å². The van der Waals surface area contributed by atoms with Crippen LogP contribution in [0.2, 0.25) is 5.02 Å². The summed E-state index contributed by atoms with van der Waals surface area (Å²) in [5.41, 5.74) is -0.915. The molecular weight excluding hydrogens is 511 g/mol. The van der Waals surface area contributed by atoms with Crippen LogP contribution < -0.4 is 5.32 Å². The Morgan fingerprint density at radius 1 is 1.17 bits per heavy atom. The molecule has 0 radical (unpaired) electrons. The first-order chi connectivity index (χ1) is 16.8. The second-order valence-corrected chi connectivity index (χ2v) is 8.94. The predicted molar refractivity (Wildman–Crippen MR) is 118 cm³/mol. The number of carbonyl (C=O) groups is 1. The molecule has 15 heteroatoms. The molecule has 4 heterocycles. The second kappa shape index (κ2) is 9.56. The molecule has 4 rings (SSSR count). The molecule has 0 spiro atoms. The minimum absolute atomic E-state index is 0.0754. The van der Waals surface area contributed by atoms with Gasteiger partial charge < -0.3 is 10.2 Å². The Labute approximate surface area is 206 Å². The van der Waals surface area contributed by atoms with Gasteiger partial charge in [-0.3, -0.25) is 9.48 Å². The van der Waals surface area contributed by atoms with E-state index in [4.69, 9.17) is 11.6 Å². The molecule has 3 aromatic rings. The number of likely N-dealkylation sites (tertiary alicyclic amines) is 1. The first kappa shape index (κ1) is 25.7. The number of anilines is 1. The summed E-state index contributed by atoms with van der Waals surface area (Å²) in [7, 11) is 1.56. The Bertz CT molecular complexity index is 1230. The smallest absolute Gasteiger partial charge is 0.352 e. The molecule has 1 amide bonds. The van der Waals surface area contributed by atoms with Crippen LogP contribution in [0.1, 0.15) is 29.4 Å². The van der Waals surface area contributed by atoms with Gasteiger partial charge in [-0.2, -0.15) is 18.3 Å². The van der Waals surface area contributed by atoms with Crippen molar-refractivity contribution in [3.8, 4) is 11.4 Å². The van der Waals surface area contributed by atoms with Gasteiger partial charge in [-0.25, -0.2) is 28.7 Å².